The fourth-order valence-electron chi connectivity index (χ4n) is 2.17. The van der Waals surface area contributed by atoms with Crippen molar-refractivity contribution >= 4 is 57.6 Å². The van der Waals surface area contributed by atoms with Crippen LogP contribution in [0.15, 0.2) is 23.2 Å². The average molecular weight is 344 g/mol. The average Bonchev–Trinajstić information content (AvgIpc) is 2.98. The molecule has 8 heteroatoms. The molecule has 2 aliphatic heterocycles. The second kappa shape index (κ2) is 5.87. The van der Waals surface area contributed by atoms with E-state index in [4.69, 9.17) is 23.2 Å². The first-order chi connectivity index (χ1) is 10.0. The summed E-state index contributed by atoms with van der Waals surface area (Å²) in [5, 5.41) is 3.88. The van der Waals surface area contributed by atoms with Crippen LogP contribution in [-0.4, -0.2) is 40.2 Å². The number of amides is 2. The summed E-state index contributed by atoms with van der Waals surface area (Å²) >= 11 is 13.1. The normalized spacial score (nSPS) is 20.5. The Morgan fingerprint density at radius 2 is 2.29 bits per heavy atom. The van der Waals surface area contributed by atoms with E-state index in [9.17, 15) is 9.59 Å². The van der Waals surface area contributed by atoms with Gasteiger partial charge < -0.3 is 5.32 Å². The summed E-state index contributed by atoms with van der Waals surface area (Å²) in [6.07, 6.45) is 0.0952. The minimum absolute atomic E-state index is 0.0476. The molecule has 2 aliphatic rings. The molecular formula is C13H11Cl2N3O2S. The highest BCUT2D eigenvalue weighted by molar-refractivity contribution is 8.15. The maximum Gasteiger partial charge on any atom is 0.242 e. The Morgan fingerprint density at radius 3 is 3.00 bits per heavy atom. The number of hydrogen-bond acceptors (Lipinski definition) is 4. The van der Waals surface area contributed by atoms with Crippen LogP contribution in [0.2, 0.25) is 10.0 Å². The van der Waals surface area contributed by atoms with Gasteiger partial charge in [0, 0.05) is 18.0 Å². The molecule has 3 rings (SSSR count). The van der Waals surface area contributed by atoms with Crippen molar-refractivity contribution in [2.24, 2.45) is 4.99 Å². The van der Waals surface area contributed by atoms with Crippen molar-refractivity contribution < 1.29 is 9.59 Å². The number of nitrogens with zero attached hydrogens (tertiary/aromatic N) is 2. The van der Waals surface area contributed by atoms with Gasteiger partial charge in [-0.2, -0.15) is 0 Å². The summed E-state index contributed by atoms with van der Waals surface area (Å²) in [5.41, 5.74) is 0.486. The third-order valence-electron chi connectivity index (χ3n) is 3.17. The number of carbonyl (C=O) groups is 2. The number of rotatable bonds is 3. The molecule has 0 aliphatic carbocycles. The first kappa shape index (κ1) is 14.7. The Bertz CT molecular complexity index is 650. The summed E-state index contributed by atoms with van der Waals surface area (Å²) in [6, 6.07) is 4.83. The van der Waals surface area contributed by atoms with Gasteiger partial charge in [-0.15, -0.1) is 0 Å². The van der Waals surface area contributed by atoms with Gasteiger partial charge in [-0.25, -0.2) is 0 Å². The van der Waals surface area contributed by atoms with E-state index >= 15 is 0 Å². The lowest BCUT2D eigenvalue weighted by Gasteiger charge is -2.11. The number of anilines is 1. The number of benzene rings is 1. The Balaban J connectivity index is 1.63. The number of aliphatic imine (C=N–C) groups is 1. The summed E-state index contributed by atoms with van der Waals surface area (Å²) in [7, 11) is 0. The van der Waals surface area contributed by atoms with Crippen LogP contribution in [0, 0.1) is 0 Å². The van der Waals surface area contributed by atoms with Crippen LogP contribution in [0.1, 0.15) is 6.42 Å². The minimum atomic E-state index is -0.407. The van der Waals surface area contributed by atoms with Crippen molar-refractivity contribution in [2.45, 2.75) is 11.7 Å². The van der Waals surface area contributed by atoms with Crippen molar-refractivity contribution in [2.75, 3.05) is 18.4 Å². The lowest BCUT2D eigenvalue weighted by molar-refractivity contribution is -0.127. The molecule has 5 nitrogen and oxygen atoms in total. The van der Waals surface area contributed by atoms with Crippen LogP contribution in [0.5, 0.6) is 0 Å². The van der Waals surface area contributed by atoms with E-state index in [1.807, 2.05) is 0 Å². The van der Waals surface area contributed by atoms with Gasteiger partial charge in [0.2, 0.25) is 11.8 Å². The topological polar surface area (TPSA) is 61.8 Å². The lowest BCUT2D eigenvalue weighted by atomic mass is 10.2. The second-order valence-electron chi connectivity index (χ2n) is 4.64. The molecule has 110 valence electrons. The summed E-state index contributed by atoms with van der Waals surface area (Å²) in [5.74, 6) is -0.305. The maximum absolute atomic E-state index is 12.1. The van der Waals surface area contributed by atoms with Gasteiger partial charge in [0.05, 0.1) is 17.3 Å². The second-order valence-corrected chi connectivity index (χ2v) is 6.65. The van der Waals surface area contributed by atoms with Gasteiger partial charge in [0.15, 0.2) is 5.17 Å². The summed E-state index contributed by atoms with van der Waals surface area (Å²) in [4.78, 5) is 30.0. The molecule has 1 atom stereocenters. The van der Waals surface area contributed by atoms with Crippen LogP contribution in [0.3, 0.4) is 0 Å². The van der Waals surface area contributed by atoms with Gasteiger partial charge in [-0.1, -0.05) is 35.0 Å². The highest BCUT2D eigenvalue weighted by Gasteiger charge is 2.40. The SMILES string of the molecule is O=C(C[C@@H]1SC2=NCCN2C1=O)Nc1ccc(Cl)cc1Cl. The molecule has 0 bridgehead atoms. The number of fused-ring (bicyclic) bond motifs is 1. The van der Waals surface area contributed by atoms with Crippen LogP contribution >= 0.6 is 35.0 Å². The van der Waals surface area contributed by atoms with E-state index in [0.29, 0.717) is 28.8 Å². The molecule has 2 heterocycles. The third kappa shape index (κ3) is 3.02. The zero-order chi connectivity index (χ0) is 15.0. The van der Waals surface area contributed by atoms with E-state index in [-0.39, 0.29) is 18.2 Å². The van der Waals surface area contributed by atoms with Gasteiger partial charge in [-0.3, -0.25) is 19.5 Å². The predicted molar refractivity (Wildman–Crippen MR) is 85.1 cm³/mol. The van der Waals surface area contributed by atoms with E-state index in [1.165, 1.54) is 11.8 Å². The monoisotopic (exact) mass is 343 g/mol. The molecule has 0 radical (unpaired) electrons. The minimum Gasteiger partial charge on any atom is -0.325 e. The molecule has 2 amide bonds. The Kier molecular flexibility index (Phi) is 4.10. The largest absolute Gasteiger partial charge is 0.325 e. The molecule has 21 heavy (non-hydrogen) atoms. The van der Waals surface area contributed by atoms with E-state index in [2.05, 4.69) is 10.3 Å². The smallest absolute Gasteiger partial charge is 0.242 e. The molecular weight excluding hydrogens is 333 g/mol. The quantitative estimate of drug-likeness (QED) is 0.917. The summed E-state index contributed by atoms with van der Waals surface area (Å²) < 4.78 is 0. The Hall–Kier alpha value is -1.24. The van der Waals surface area contributed by atoms with Gasteiger partial charge >= 0.3 is 0 Å². The maximum atomic E-state index is 12.1. The van der Waals surface area contributed by atoms with Gasteiger partial charge in [-0.05, 0) is 18.2 Å². The number of nitrogens with one attached hydrogen (secondary N) is 1. The molecule has 0 saturated carbocycles. The van der Waals surface area contributed by atoms with Crippen molar-refractivity contribution in [1.82, 2.24) is 4.90 Å². The van der Waals surface area contributed by atoms with Gasteiger partial charge in [0.25, 0.3) is 0 Å². The predicted octanol–water partition coefficient (Wildman–Crippen LogP) is 2.64. The molecule has 0 unspecified atom stereocenters. The fourth-order valence-corrected chi connectivity index (χ4v) is 3.82. The molecule has 1 N–H and O–H groups in total. The molecule has 1 aromatic carbocycles. The first-order valence-corrected chi connectivity index (χ1v) is 7.95. The number of hydrogen-bond donors (Lipinski definition) is 1. The van der Waals surface area contributed by atoms with Crippen LogP contribution < -0.4 is 5.32 Å². The number of carbonyl (C=O) groups excluding carboxylic acids is 2. The van der Waals surface area contributed by atoms with Crippen molar-refractivity contribution in [3.63, 3.8) is 0 Å². The Labute approximate surface area is 135 Å². The molecule has 1 fully saturated rings. The fraction of sp³-hybridized carbons (Fsp3) is 0.308. The van der Waals surface area contributed by atoms with Crippen molar-refractivity contribution in [3.05, 3.63) is 28.2 Å². The molecule has 0 aromatic heterocycles. The number of halogens is 2. The highest BCUT2D eigenvalue weighted by atomic mass is 35.5. The zero-order valence-electron chi connectivity index (χ0n) is 10.8. The molecule has 1 aromatic rings. The number of thioether (sulfide) groups is 1. The highest BCUT2D eigenvalue weighted by Crippen LogP contribution is 2.32. The first-order valence-electron chi connectivity index (χ1n) is 6.32. The van der Waals surface area contributed by atoms with E-state index in [1.54, 1.807) is 23.1 Å². The third-order valence-corrected chi connectivity index (χ3v) is 4.93. The standard InChI is InChI=1S/C13H11Cl2N3O2S/c14-7-1-2-9(8(15)5-7)17-11(19)6-10-12(20)18-4-3-16-13(18)21-10/h1-2,5,10H,3-4,6H2,(H,17,19)/t10-/m0/s1. The van der Waals surface area contributed by atoms with Crippen LogP contribution in [0.4, 0.5) is 5.69 Å². The molecule has 0 spiro atoms. The van der Waals surface area contributed by atoms with E-state index < -0.39 is 5.25 Å². The van der Waals surface area contributed by atoms with Gasteiger partial charge in [0.1, 0.15) is 5.25 Å². The van der Waals surface area contributed by atoms with Crippen LogP contribution in [-0.2, 0) is 9.59 Å². The van der Waals surface area contributed by atoms with Crippen molar-refractivity contribution in [3.8, 4) is 0 Å². The van der Waals surface area contributed by atoms with Crippen LogP contribution in [0.25, 0.3) is 0 Å². The Morgan fingerprint density at radius 1 is 1.48 bits per heavy atom. The van der Waals surface area contributed by atoms with Crippen molar-refractivity contribution in [1.29, 1.82) is 0 Å². The summed E-state index contributed by atoms with van der Waals surface area (Å²) in [6.45, 7) is 1.26. The number of amidine groups is 1. The van der Waals surface area contributed by atoms with E-state index in [0.717, 1.165) is 5.17 Å². The molecule has 1 saturated heterocycles. The lowest BCUT2D eigenvalue weighted by Crippen LogP contribution is -2.32. The zero-order valence-corrected chi connectivity index (χ0v) is 13.1.